The van der Waals surface area contributed by atoms with Crippen molar-refractivity contribution in [2.24, 2.45) is 5.92 Å². The van der Waals surface area contributed by atoms with Crippen molar-refractivity contribution < 1.29 is 9.90 Å². The van der Waals surface area contributed by atoms with Gasteiger partial charge in [0.25, 0.3) is 5.91 Å². The SMILES string of the molecule is Cc1ccc(NC(=O)c2nnc(CN3CC[C@@H](C)[C@H](O)C3)s2)cc1. The fourth-order valence-electron chi connectivity index (χ4n) is 2.68. The number of likely N-dealkylation sites (tertiary alicyclic amines) is 1. The van der Waals surface area contributed by atoms with E-state index >= 15 is 0 Å². The molecule has 1 aromatic heterocycles. The zero-order valence-corrected chi connectivity index (χ0v) is 14.7. The topological polar surface area (TPSA) is 78.4 Å². The molecule has 0 bridgehead atoms. The van der Waals surface area contributed by atoms with Gasteiger partial charge in [-0.3, -0.25) is 9.69 Å². The third-order valence-corrected chi connectivity index (χ3v) is 5.24. The molecule has 2 atom stereocenters. The largest absolute Gasteiger partial charge is 0.392 e. The average molecular weight is 346 g/mol. The Hall–Kier alpha value is -1.83. The molecule has 1 saturated heterocycles. The molecular formula is C17H22N4O2S. The summed E-state index contributed by atoms with van der Waals surface area (Å²) in [6.07, 6.45) is 0.678. The van der Waals surface area contributed by atoms with Crippen molar-refractivity contribution >= 4 is 22.9 Å². The summed E-state index contributed by atoms with van der Waals surface area (Å²) in [6, 6.07) is 7.63. The standard InChI is InChI=1S/C17H22N4O2S/c1-11-3-5-13(6-4-11)18-16(23)17-20-19-15(24-17)10-21-8-7-12(2)14(22)9-21/h3-6,12,14,22H,7-10H2,1-2H3,(H,18,23)/t12-,14-/m1/s1. The molecule has 2 aromatic rings. The second kappa shape index (κ2) is 7.38. The zero-order chi connectivity index (χ0) is 17.1. The number of aliphatic hydroxyl groups is 1. The monoisotopic (exact) mass is 346 g/mol. The highest BCUT2D eigenvalue weighted by atomic mass is 32.1. The van der Waals surface area contributed by atoms with Crippen LogP contribution >= 0.6 is 11.3 Å². The van der Waals surface area contributed by atoms with Crippen LogP contribution in [0.5, 0.6) is 0 Å². The number of hydrogen-bond acceptors (Lipinski definition) is 6. The highest BCUT2D eigenvalue weighted by Crippen LogP contribution is 2.20. The Kier molecular flexibility index (Phi) is 5.23. The van der Waals surface area contributed by atoms with Gasteiger partial charge in [-0.25, -0.2) is 0 Å². The summed E-state index contributed by atoms with van der Waals surface area (Å²) in [5, 5.41) is 22.1. The molecule has 1 aliphatic heterocycles. The molecule has 0 aliphatic carbocycles. The van der Waals surface area contributed by atoms with E-state index in [1.165, 1.54) is 11.3 Å². The summed E-state index contributed by atoms with van der Waals surface area (Å²) in [5.74, 6) is 0.0985. The molecule has 1 aromatic carbocycles. The summed E-state index contributed by atoms with van der Waals surface area (Å²) < 4.78 is 0. The van der Waals surface area contributed by atoms with Gasteiger partial charge in [-0.05, 0) is 37.9 Å². The summed E-state index contributed by atoms with van der Waals surface area (Å²) in [5.41, 5.74) is 1.89. The van der Waals surface area contributed by atoms with Gasteiger partial charge in [0, 0.05) is 12.2 Å². The molecule has 1 aliphatic rings. The van der Waals surface area contributed by atoms with E-state index in [9.17, 15) is 9.90 Å². The van der Waals surface area contributed by atoms with Crippen LogP contribution in [-0.2, 0) is 6.54 Å². The van der Waals surface area contributed by atoms with E-state index in [0.717, 1.165) is 29.2 Å². The first-order chi connectivity index (χ1) is 11.5. The molecular weight excluding hydrogens is 324 g/mol. The van der Waals surface area contributed by atoms with E-state index in [-0.39, 0.29) is 12.0 Å². The molecule has 0 unspecified atom stereocenters. The number of aliphatic hydroxyl groups excluding tert-OH is 1. The minimum absolute atomic E-state index is 0.241. The lowest BCUT2D eigenvalue weighted by Crippen LogP contribution is -2.42. The van der Waals surface area contributed by atoms with Crippen molar-refractivity contribution in [2.75, 3.05) is 18.4 Å². The number of carbonyl (C=O) groups excluding carboxylic acids is 1. The molecule has 1 fully saturated rings. The number of piperidine rings is 1. The van der Waals surface area contributed by atoms with Crippen LogP contribution in [0.2, 0.25) is 0 Å². The van der Waals surface area contributed by atoms with E-state index in [1.807, 2.05) is 31.2 Å². The van der Waals surface area contributed by atoms with Crippen molar-refractivity contribution in [1.29, 1.82) is 0 Å². The van der Waals surface area contributed by atoms with Crippen LogP contribution in [0.1, 0.15) is 33.7 Å². The lowest BCUT2D eigenvalue weighted by molar-refractivity contribution is 0.0258. The number of amides is 1. The summed E-state index contributed by atoms with van der Waals surface area (Å²) in [4.78, 5) is 14.4. The molecule has 7 heteroatoms. The molecule has 0 radical (unpaired) electrons. The predicted molar refractivity (Wildman–Crippen MR) is 94.1 cm³/mol. The van der Waals surface area contributed by atoms with E-state index < -0.39 is 0 Å². The number of carbonyl (C=O) groups is 1. The van der Waals surface area contributed by atoms with Crippen LogP contribution in [-0.4, -0.2) is 45.3 Å². The van der Waals surface area contributed by atoms with Crippen LogP contribution in [0.15, 0.2) is 24.3 Å². The van der Waals surface area contributed by atoms with Gasteiger partial charge in [-0.15, -0.1) is 10.2 Å². The molecule has 2 N–H and O–H groups in total. The number of rotatable bonds is 4. The zero-order valence-electron chi connectivity index (χ0n) is 13.9. The van der Waals surface area contributed by atoms with Crippen LogP contribution in [0.4, 0.5) is 5.69 Å². The number of anilines is 1. The third kappa shape index (κ3) is 4.17. The Morgan fingerprint density at radius 1 is 1.38 bits per heavy atom. The first-order valence-corrected chi connectivity index (χ1v) is 8.94. The van der Waals surface area contributed by atoms with Gasteiger partial charge in [0.05, 0.1) is 12.6 Å². The van der Waals surface area contributed by atoms with E-state index in [1.54, 1.807) is 0 Å². The minimum atomic E-state index is -0.295. The van der Waals surface area contributed by atoms with Crippen LogP contribution in [0.3, 0.4) is 0 Å². The minimum Gasteiger partial charge on any atom is -0.392 e. The Balaban J connectivity index is 1.58. The highest BCUT2D eigenvalue weighted by Gasteiger charge is 2.25. The van der Waals surface area contributed by atoms with E-state index in [4.69, 9.17) is 0 Å². The summed E-state index contributed by atoms with van der Waals surface area (Å²) >= 11 is 1.30. The van der Waals surface area contributed by atoms with Crippen molar-refractivity contribution in [3.8, 4) is 0 Å². The van der Waals surface area contributed by atoms with Crippen molar-refractivity contribution in [3.63, 3.8) is 0 Å². The number of benzene rings is 1. The molecule has 6 nitrogen and oxygen atoms in total. The van der Waals surface area contributed by atoms with Crippen molar-refractivity contribution in [3.05, 3.63) is 39.8 Å². The van der Waals surface area contributed by atoms with Gasteiger partial charge < -0.3 is 10.4 Å². The van der Waals surface area contributed by atoms with Gasteiger partial charge in [0.2, 0.25) is 5.01 Å². The quantitative estimate of drug-likeness (QED) is 0.888. The third-order valence-electron chi connectivity index (χ3n) is 4.33. The van der Waals surface area contributed by atoms with Gasteiger partial charge in [0.1, 0.15) is 5.01 Å². The lowest BCUT2D eigenvalue weighted by Gasteiger charge is -2.33. The molecule has 24 heavy (non-hydrogen) atoms. The Bertz CT molecular complexity index is 701. The number of aromatic nitrogens is 2. The van der Waals surface area contributed by atoms with Gasteiger partial charge >= 0.3 is 0 Å². The molecule has 128 valence electrons. The molecule has 2 heterocycles. The Morgan fingerprint density at radius 2 is 2.12 bits per heavy atom. The van der Waals surface area contributed by atoms with Gasteiger partial charge in [-0.2, -0.15) is 0 Å². The molecule has 3 rings (SSSR count). The van der Waals surface area contributed by atoms with Crippen LogP contribution < -0.4 is 5.32 Å². The maximum atomic E-state index is 12.2. The number of nitrogens with zero attached hydrogens (tertiary/aromatic N) is 3. The smallest absolute Gasteiger partial charge is 0.286 e. The van der Waals surface area contributed by atoms with Crippen LogP contribution in [0.25, 0.3) is 0 Å². The highest BCUT2D eigenvalue weighted by molar-refractivity contribution is 7.13. The predicted octanol–water partition coefficient (Wildman–Crippen LogP) is 2.30. The van der Waals surface area contributed by atoms with Crippen molar-refractivity contribution in [2.45, 2.75) is 32.9 Å². The second-order valence-corrected chi connectivity index (χ2v) is 7.45. The Morgan fingerprint density at radius 3 is 2.83 bits per heavy atom. The number of aryl methyl sites for hydroxylation is 1. The molecule has 0 spiro atoms. The fourth-order valence-corrected chi connectivity index (χ4v) is 3.46. The summed E-state index contributed by atoms with van der Waals surface area (Å²) in [7, 11) is 0. The number of hydrogen-bond donors (Lipinski definition) is 2. The first kappa shape index (κ1) is 17.0. The second-order valence-electron chi connectivity index (χ2n) is 6.39. The first-order valence-electron chi connectivity index (χ1n) is 8.12. The average Bonchev–Trinajstić information content (AvgIpc) is 3.02. The lowest BCUT2D eigenvalue weighted by atomic mass is 9.96. The van der Waals surface area contributed by atoms with Crippen molar-refractivity contribution in [1.82, 2.24) is 15.1 Å². The number of nitrogens with one attached hydrogen (secondary N) is 1. The van der Waals surface area contributed by atoms with E-state index in [2.05, 4.69) is 27.3 Å². The van der Waals surface area contributed by atoms with E-state index in [0.29, 0.717) is 24.0 Å². The van der Waals surface area contributed by atoms with Crippen LogP contribution in [0, 0.1) is 12.8 Å². The number of β-amino-alcohol motifs (C(OH)–C–C–N with tert-alkyl or cyclic N) is 1. The summed E-state index contributed by atoms with van der Waals surface area (Å²) in [6.45, 7) is 6.27. The Labute approximate surface area is 145 Å². The normalized spacial score (nSPS) is 21.6. The van der Waals surface area contributed by atoms with Gasteiger partial charge in [0.15, 0.2) is 0 Å². The molecule has 1 amide bonds. The maximum Gasteiger partial charge on any atom is 0.286 e. The maximum absolute atomic E-state index is 12.2. The molecule has 0 saturated carbocycles. The fraction of sp³-hybridized carbons (Fsp3) is 0.471. The van der Waals surface area contributed by atoms with Gasteiger partial charge in [-0.1, -0.05) is 36.0 Å².